The molecule has 1 aliphatic heterocycles. The Labute approximate surface area is 194 Å². The Balaban J connectivity index is 1.36. The lowest BCUT2D eigenvalue weighted by Crippen LogP contribution is -2.59. The van der Waals surface area contributed by atoms with Crippen LogP contribution >= 0.6 is 0 Å². The molecule has 8 heteroatoms. The minimum atomic E-state index is -0.555. The van der Waals surface area contributed by atoms with E-state index in [4.69, 9.17) is 14.2 Å². The van der Waals surface area contributed by atoms with Crippen LogP contribution in [0.4, 0.5) is 0 Å². The van der Waals surface area contributed by atoms with Crippen LogP contribution < -0.4 is 10.1 Å². The van der Waals surface area contributed by atoms with Gasteiger partial charge in [-0.25, -0.2) is 4.79 Å². The molecule has 1 saturated heterocycles. The summed E-state index contributed by atoms with van der Waals surface area (Å²) in [6.45, 7) is 5.27. The molecule has 2 aliphatic rings. The zero-order valence-corrected chi connectivity index (χ0v) is 19.5. The number of benzene rings is 1. The van der Waals surface area contributed by atoms with Gasteiger partial charge < -0.3 is 19.5 Å². The molecular formula is C25H33N3O5. The number of carbonyl (C=O) groups excluding carboxylic acids is 2. The molecule has 1 saturated carbocycles. The molecule has 0 unspecified atom stereocenters. The van der Waals surface area contributed by atoms with Crippen molar-refractivity contribution in [3.8, 4) is 5.75 Å². The van der Waals surface area contributed by atoms with Gasteiger partial charge in [-0.2, -0.15) is 0 Å². The van der Waals surface area contributed by atoms with Crippen molar-refractivity contribution in [1.82, 2.24) is 15.2 Å². The van der Waals surface area contributed by atoms with Crippen molar-refractivity contribution >= 4 is 22.8 Å². The maximum Gasteiger partial charge on any atom is 0.340 e. The second-order valence-electron chi connectivity index (χ2n) is 8.92. The molecular weight excluding hydrogens is 422 g/mol. The number of nitrogens with one attached hydrogen (secondary N) is 1. The molecule has 2 aromatic rings. The monoisotopic (exact) mass is 455 g/mol. The molecule has 0 atom stereocenters. The number of hydrogen-bond donors (Lipinski definition) is 1. The van der Waals surface area contributed by atoms with Crippen LogP contribution in [-0.4, -0.2) is 73.9 Å². The molecule has 1 N–H and O–H groups in total. The average molecular weight is 456 g/mol. The Morgan fingerprint density at radius 3 is 2.64 bits per heavy atom. The third-order valence-electron chi connectivity index (χ3n) is 6.85. The first-order valence-corrected chi connectivity index (χ1v) is 11.7. The highest BCUT2D eigenvalue weighted by Gasteiger charge is 2.38. The summed E-state index contributed by atoms with van der Waals surface area (Å²) in [5, 5.41) is 3.80. The van der Waals surface area contributed by atoms with Crippen molar-refractivity contribution in [2.24, 2.45) is 0 Å². The first kappa shape index (κ1) is 23.4. The molecule has 0 spiro atoms. The maximum absolute atomic E-state index is 12.7. The van der Waals surface area contributed by atoms with E-state index in [1.54, 1.807) is 20.1 Å². The summed E-state index contributed by atoms with van der Waals surface area (Å²) in [6.07, 6.45) is 5.71. The first-order chi connectivity index (χ1) is 16.0. The van der Waals surface area contributed by atoms with Crippen LogP contribution in [0, 0.1) is 6.92 Å². The largest absolute Gasteiger partial charge is 0.497 e. The van der Waals surface area contributed by atoms with Crippen molar-refractivity contribution in [2.45, 2.75) is 44.6 Å². The van der Waals surface area contributed by atoms with Crippen LogP contribution in [0.1, 0.15) is 48.2 Å². The molecule has 1 aliphatic carbocycles. The number of amides is 1. The number of aryl methyl sites for hydroxylation is 1. The lowest BCUT2D eigenvalue weighted by molar-refractivity contribution is -0.125. The lowest BCUT2D eigenvalue weighted by Gasteiger charge is -2.48. The van der Waals surface area contributed by atoms with E-state index >= 15 is 0 Å². The Hall–Kier alpha value is -2.71. The van der Waals surface area contributed by atoms with E-state index in [1.807, 2.05) is 18.2 Å². The predicted molar refractivity (Wildman–Crippen MR) is 125 cm³/mol. The van der Waals surface area contributed by atoms with Crippen molar-refractivity contribution in [3.63, 3.8) is 0 Å². The van der Waals surface area contributed by atoms with Crippen molar-refractivity contribution in [1.29, 1.82) is 0 Å². The number of aromatic nitrogens is 1. The smallest absolute Gasteiger partial charge is 0.340 e. The number of methoxy groups -OCH3 is 1. The zero-order chi connectivity index (χ0) is 23.3. The highest BCUT2D eigenvalue weighted by molar-refractivity contribution is 5.96. The van der Waals surface area contributed by atoms with Gasteiger partial charge in [-0.3, -0.25) is 14.7 Å². The number of nitrogens with zero attached hydrogens (tertiary/aromatic N) is 2. The Kier molecular flexibility index (Phi) is 7.45. The summed E-state index contributed by atoms with van der Waals surface area (Å²) in [4.78, 5) is 32.2. The molecule has 8 nitrogen and oxygen atoms in total. The van der Waals surface area contributed by atoms with Gasteiger partial charge in [0.2, 0.25) is 0 Å². The predicted octanol–water partition coefficient (Wildman–Crippen LogP) is 2.86. The summed E-state index contributed by atoms with van der Waals surface area (Å²) >= 11 is 0. The van der Waals surface area contributed by atoms with Crippen LogP contribution in [0.2, 0.25) is 0 Å². The quantitative estimate of drug-likeness (QED) is 0.642. The highest BCUT2D eigenvalue weighted by Crippen LogP contribution is 2.33. The van der Waals surface area contributed by atoms with Crippen LogP contribution in [0.3, 0.4) is 0 Å². The standard InChI is InChI=1S/C25H33N3O5/c1-18-21(15-19-14-20(31-2)6-7-22(19)27-18)24(30)33-16-23(29)26-17-25(8-4-3-5-9-25)28-10-12-32-13-11-28/h6-7,14-15H,3-5,8-13,16-17H2,1-2H3,(H,26,29). The average Bonchev–Trinajstić information content (AvgIpc) is 2.86. The molecule has 0 radical (unpaired) electrons. The molecule has 1 aromatic heterocycles. The minimum Gasteiger partial charge on any atom is -0.497 e. The highest BCUT2D eigenvalue weighted by atomic mass is 16.5. The van der Waals surface area contributed by atoms with E-state index in [0.29, 0.717) is 23.6 Å². The van der Waals surface area contributed by atoms with Crippen LogP contribution in [0.25, 0.3) is 10.9 Å². The third-order valence-corrected chi connectivity index (χ3v) is 6.85. The van der Waals surface area contributed by atoms with Gasteiger partial charge in [0.25, 0.3) is 5.91 Å². The Morgan fingerprint density at radius 1 is 1.15 bits per heavy atom. The number of esters is 1. The molecule has 33 heavy (non-hydrogen) atoms. The normalized spacial score (nSPS) is 18.6. The number of pyridine rings is 1. The van der Waals surface area contributed by atoms with Gasteiger partial charge in [0, 0.05) is 30.6 Å². The van der Waals surface area contributed by atoms with Gasteiger partial charge in [0.1, 0.15) is 5.75 Å². The molecule has 4 rings (SSSR count). The summed E-state index contributed by atoms with van der Waals surface area (Å²) in [5.41, 5.74) is 1.65. The fourth-order valence-electron chi connectivity index (χ4n) is 4.96. The topological polar surface area (TPSA) is 90.0 Å². The van der Waals surface area contributed by atoms with Gasteiger partial charge >= 0.3 is 5.97 Å². The summed E-state index contributed by atoms with van der Waals surface area (Å²) in [7, 11) is 1.59. The van der Waals surface area contributed by atoms with E-state index in [9.17, 15) is 9.59 Å². The molecule has 178 valence electrons. The van der Waals surface area contributed by atoms with E-state index < -0.39 is 5.97 Å². The first-order valence-electron chi connectivity index (χ1n) is 11.7. The Morgan fingerprint density at radius 2 is 1.91 bits per heavy atom. The number of ether oxygens (including phenoxy) is 3. The van der Waals surface area contributed by atoms with Gasteiger partial charge in [0.15, 0.2) is 6.61 Å². The molecule has 1 amide bonds. The third kappa shape index (κ3) is 5.45. The van der Waals surface area contributed by atoms with Gasteiger partial charge in [-0.15, -0.1) is 0 Å². The number of hydrogen-bond acceptors (Lipinski definition) is 7. The van der Waals surface area contributed by atoms with Crippen LogP contribution in [0.15, 0.2) is 24.3 Å². The number of fused-ring (bicyclic) bond motifs is 1. The maximum atomic E-state index is 12.7. The van der Waals surface area contributed by atoms with Gasteiger partial charge in [-0.1, -0.05) is 19.3 Å². The number of morpholine rings is 1. The summed E-state index contributed by atoms with van der Waals surface area (Å²) in [5.74, 6) is -0.154. The molecule has 2 heterocycles. The summed E-state index contributed by atoms with van der Waals surface area (Å²) in [6, 6.07) is 7.22. The number of carbonyl (C=O) groups is 2. The van der Waals surface area contributed by atoms with E-state index in [0.717, 1.165) is 50.0 Å². The number of rotatable bonds is 7. The van der Waals surface area contributed by atoms with E-state index in [1.165, 1.54) is 19.3 Å². The molecule has 0 bridgehead atoms. The fourth-order valence-corrected chi connectivity index (χ4v) is 4.96. The van der Waals surface area contributed by atoms with Crippen molar-refractivity contribution in [3.05, 3.63) is 35.5 Å². The van der Waals surface area contributed by atoms with Gasteiger partial charge in [0.05, 0.1) is 37.1 Å². The fraction of sp³-hybridized carbons (Fsp3) is 0.560. The minimum absolute atomic E-state index is 0.0282. The van der Waals surface area contributed by atoms with Crippen LogP contribution in [0.5, 0.6) is 5.75 Å². The second-order valence-corrected chi connectivity index (χ2v) is 8.92. The Bertz CT molecular complexity index is 997. The SMILES string of the molecule is COc1ccc2nc(C)c(C(=O)OCC(=O)NCC3(N4CCOCC4)CCCCC3)cc2c1. The zero-order valence-electron chi connectivity index (χ0n) is 19.5. The van der Waals surface area contributed by atoms with Gasteiger partial charge in [-0.05, 0) is 44.0 Å². The summed E-state index contributed by atoms with van der Waals surface area (Å²) < 4.78 is 16.1. The molecule has 1 aromatic carbocycles. The second kappa shape index (κ2) is 10.5. The van der Waals surface area contributed by atoms with Crippen LogP contribution in [-0.2, 0) is 14.3 Å². The van der Waals surface area contributed by atoms with Crippen molar-refractivity contribution < 1.29 is 23.8 Å². The van der Waals surface area contributed by atoms with E-state index in [2.05, 4.69) is 15.2 Å². The van der Waals surface area contributed by atoms with E-state index in [-0.39, 0.29) is 18.1 Å². The van der Waals surface area contributed by atoms with Crippen molar-refractivity contribution in [2.75, 3.05) is 46.6 Å². The lowest BCUT2D eigenvalue weighted by atomic mass is 9.79. The molecule has 2 fully saturated rings.